The lowest BCUT2D eigenvalue weighted by atomic mass is 10.2. The summed E-state index contributed by atoms with van der Waals surface area (Å²) in [4.78, 5) is 11.3. The van der Waals surface area contributed by atoms with Gasteiger partial charge in [-0.1, -0.05) is 23.8 Å². The fraction of sp³-hybridized carbons (Fsp3) is 0.353. The van der Waals surface area contributed by atoms with Gasteiger partial charge in [0.15, 0.2) is 0 Å². The van der Waals surface area contributed by atoms with E-state index in [1.54, 1.807) is 31.2 Å². The second-order valence-electron chi connectivity index (χ2n) is 4.78. The molecule has 1 aromatic rings. The average molecular weight is 335 g/mol. The van der Waals surface area contributed by atoms with E-state index in [4.69, 9.17) is 0 Å². The molecule has 0 amide bonds. The highest BCUT2D eigenvalue weighted by atomic mass is 32.2. The highest BCUT2D eigenvalue weighted by Gasteiger charge is 2.22. The van der Waals surface area contributed by atoms with Gasteiger partial charge in [-0.25, -0.2) is 13.2 Å². The molecule has 1 rings (SSSR count). The third kappa shape index (κ3) is 5.89. The minimum absolute atomic E-state index is 0.0801. The van der Waals surface area contributed by atoms with Gasteiger partial charge in [-0.05, 0) is 26.0 Å². The fourth-order valence-corrected chi connectivity index (χ4v) is 3.20. The Bertz CT molecular complexity index is 709. The summed E-state index contributed by atoms with van der Waals surface area (Å²) in [6.07, 6.45) is 3.10. The van der Waals surface area contributed by atoms with Gasteiger partial charge in [0.2, 0.25) is 10.0 Å². The number of esters is 1. The molecule has 124 valence electrons. The van der Waals surface area contributed by atoms with Crippen LogP contribution >= 0.6 is 0 Å². The molecule has 6 heteroatoms. The lowest BCUT2D eigenvalue weighted by Crippen LogP contribution is -2.32. The maximum Gasteiger partial charge on any atom is 0.330 e. The Morgan fingerprint density at radius 2 is 1.96 bits per heavy atom. The van der Waals surface area contributed by atoms with Gasteiger partial charge in [-0.2, -0.15) is 4.31 Å². The minimum atomic E-state index is -3.64. The largest absolute Gasteiger partial charge is 0.466 e. The number of ether oxygens (including phenoxy) is 1. The first-order chi connectivity index (χ1) is 10.9. The van der Waals surface area contributed by atoms with Crippen LogP contribution in [-0.4, -0.2) is 38.9 Å². The zero-order valence-corrected chi connectivity index (χ0v) is 14.4. The molecule has 0 unspecified atom stereocenters. The predicted molar refractivity (Wildman–Crippen MR) is 89.2 cm³/mol. The molecule has 0 radical (unpaired) electrons. The number of hydrogen-bond donors (Lipinski definition) is 0. The van der Waals surface area contributed by atoms with Gasteiger partial charge in [0.05, 0.1) is 12.0 Å². The Balaban J connectivity index is 3.00. The zero-order valence-electron chi connectivity index (χ0n) is 13.6. The number of sulfonamides is 1. The van der Waals surface area contributed by atoms with Crippen LogP contribution in [0.1, 0.15) is 18.9 Å². The number of carbonyl (C=O) groups is 1. The van der Waals surface area contributed by atoms with Crippen molar-refractivity contribution in [1.82, 2.24) is 4.31 Å². The number of aryl methyl sites for hydroxylation is 1. The number of hydrogen-bond acceptors (Lipinski definition) is 4. The quantitative estimate of drug-likeness (QED) is 0.435. The topological polar surface area (TPSA) is 63.7 Å². The smallest absolute Gasteiger partial charge is 0.330 e. The number of nitrogens with zero attached hydrogens (tertiary/aromatic N) is 1. The first kappa shape index (κ1) is 18.9. The van der Waals surface area contributed by atoms with E-state index in [1.165, 1.54) is 23.6 Å². The Hall–Kier alpha value is -2.10. The highest BCUT2D eigenvalue weighted by Crippen LogP contribution is 2.16. The van der Waals surface area contributed by atoms with Gasteiger partial charge in [0.25, 0.3) is 0 Å². The molecule has 1 aromatic carbocycles. The van der Waals surface area contributed by atoms with Crippen molar-refractivity contribution >= 4 is 16.0 Å². The Morgan fingerprint density at radius 1 is 1.30 bits per heavy atom. The molecule has 0 heterocycles. The maximum absolute atomic E-state index is 12.7. The van der Waals surface area contributed by atoms with Crippen LogP contribution in [0.5, 0.6) is 0 Å². The van der Waals surface area contributed by atoms with Crippen LogP contribution < -0.4 is 0 Å². The summed E-state index contributed by atoms with van der Waals surface area (Å²) >= 11 is 0. The van der Waals surface area contributed by atoms with E-state index in [0.717, 1.165) is 5.56 Å². The molecule has 0 aliphatic rings. The maximum atomic E-state index is 12.7. The third-order valence-corrected chi connectivity index (χ3v) is 4.97. The first-order valence-corrected chi connectivity index (χ1v) is 8.56. The lowest BCUT2D eigenvalue weighted by Gasteiger charge is -2.20. The van der Waals surface area contributed by atoms with E-state index in [1.807, 2.05) is 6.92 Å². The molecule has 0 saturated heterocycles. The van der Waals surface area contributed by atoms with E-state index in [2.05, 4.69) is 16.6 Å². The molecule has 0 aliphatic heterocycles. The molecule has 0 aromatic heterocycles. The van der Waals surface area contributed by atoms with Crippen LogP contribution in [0.4, 0.5) is 0 Å². The molecule has 0 N–H and O–H groups in total. The van der Waals surface area contributed by atoms with E-state index >= 15 is 0 Å². The number of benzene rings is 1. The van der Waals surface area contributed by atoms with Crippen molar-refractivity contribution in [2.45, 2.75) is 25.2 Å². The summed E-state index contributed by atoms with van der Waals surface area (Å²) in [5, 5.41) is 0. The summed E-state index contributed by atoms with van der Waals surface area (Å²) in [5.74, 6) is 5.07. The fourth-order valence-electron chi connectivity index (χ4n) is 1.81. The molecule has 0 fully saturated rings. The highest BCUT2D eigenvalue weighted by molar-refractivity contribution is 7.89. The van der Waals surface area contributed by atoms with Crippen LogP contribution in [0.25, 0.3) is 0 Å². The molecular weight excluding hydrogens is 314 g/mol. The zero-order chi connectivity index (χ0) is 17.3. The van der Waals surface area contributed by atoms with E-state index in [-0.39, 0.29) is 18.0 Å². The van der Waals surface area contributed by atoms with Crippen molar-refractivity contribution in [1.29, 1.82) is 0 Å². The SMILES string of the molecule is CC#CCCN(C/C=C/C(=O)OC)S(=O)(=O)c1ccc(C)cc1. The number of carbonyl (C=O) groups excluding carboxylic acids is 1. The number of methoxy groups -OCH3 is 1. The molecule has 5 nitrogen and oxygen atoms in total. The monoisotopic (exact) mass is 335 g/mol. The Labute approximate surface area is 138 Å². The molecule has 0 aliphatic carbocycles. The summed E-state index contributed by atoms with van der Waals surface area (Å²) in [5.41, 5.74) is 0.984. The average Bonchev–Trinajstić information content (AvgIpc) is 2.53. The van der Waals surface area contributed by atoms with Crippen molar-refractivity contribution in [2.75, 3.05) is 20.2 Å². The normalized spacial score (nSPS) is 11.3. The van der Waals surface area contributed by atoms with E-state index in [9.17, 15) is 13.2 Å². The molecule has 0 bridgehead atoms. The molecule has 0 spiro atoms. The van der Waals surface area contributed by atoms with Gasteiger partial charge < -0.3 is 4.74 Å². The summed E-state index contributed by atoms with van der Waals surface area (Å²) in [6, 6.07) is 6.66. The molecule has 23 heavy (non-hydrogen) atoms. The number of rotatable bonds is 7. The molecule has 0 atom stereocenters. The predicted octanol–water partition coefficient (Wildman–Crippen LogP) is 2.13. The third-order valence-electron chi connectivity index (χ3n) is 3.09. The van der Waals surface area contributed by atoms with Crippen LogP contribution in [0.3, 0.4) is 0 Å². The summed E-state index contributed by atoms with van der Waals surface area (Å²) in [7, 11) is -2.37. The van der Waals surface area contributed by atoms with E-state index < -0.39 is 16.0 Å². The minimum Gasteiger partial charge on any atom is -0.466 e. The van der Waals surface area contributed by atoms with Gasteiger partial charge in [-0.15, -0.1) is 11.8 Å². The second-order valence-corrected chi connectivity index (χ2v) is 6.72. The summed E-state index contributed by atoms with van der Waals surface area (Å²) in [6.45, 7) is 3.93. The van der Waals surface area contributed by atoms with Crippen molar-refractivity contribution in [3.05, 3.63) is 42.0 Å². The van der Waals surface area contributed by atoms with Crippen LogP contribution in [0.2, 0.25) is 0 Å². The second kappa shape index (κ2) is 9.13. The van der Waals surface area contributed by atoms with Crippen LogP contribution in [0.15, 0.2) is 41.3 Å². The van der Waals surface area contributed by atoms with Crippen LogP contribution in [0, 0.1) is 18.8 Å². The van der Waals surface area contributed by atoms with Crippen molar-refractivity contribution < 1.29 is 17.9 Å². The van der Waals surface area contributed by atoms with E-state index in [0.29, 0.717) is 6.42 Å². The van der Waals surface area contributed by atoms with Gasteiger partial charge >= 0.3 is 5.97 Å². The Morgan fingerprint density at radius 3 is 2.52 bits per heavy atom. The van der Waals surface area contributed by atoms with Gasteiger partial charge in [-0.3, -0.25) is 0 Å². The standard InChI is InChI=1S/C17H21NO4S/c1-4-5-6-13-18(14-7-8-17(19)22-3)23(20,21)16-11-9-15(2)10-12-16/h7-12H,6,13-14H2,1-3H3/b8-7+. The molecular formula is C17H21NO4S. The Kier molecular flexibility index (Phi) is 7.52. The van der Waals surface area contributed by atoms with Crippen molar-refractivity contribution in [2.24, 2.45) is 0 Å². The summed E-state index contributed by atoms with van der Waals surface area (Å²) < 4.78 is 31.2. The van der Waals surface area contributed by atoms with Crippen molar-refractivity contribution in [3.63, 3.8) is 0 Å². The van der Waals surface area contributed by atoms with Crippen molar-refractivity contribution in [3.8, 4) is 11.8 Å². The van der Waals surface area contributed by atoms with Gasteiger partial charge in [0.1, 0.15) is 0 Å². The first-order valence-electron chi connectivity index (χ1n) is 7.12. The lowest BCUT2D eigenvalue weighted by molar-refractivity contribution is -0.134. The van der Waals surface area contributed by atoms with Gasteiger partial charge in [0, 0.05) is 25.6 Å². The molecule has 0 saturated carbocycles. The van der Waals surface area contributed by atoms with Crippen LogP contribution in [-0.2, 0) is 19.6 Å².